The second-order valence-electron chi connectivity index (χ2n) is 7.92. The lowest BCUT2D eigenvalue weighted by molar-refractivity contribution is 0.0475. The van der Waals surface area contributed by atoms with Crippen molar-refractivity contribution in [3.8, 4) is 0 Å². The summed E-state index contributed by atoms with van der Waals surface area (Å²) in [6, 6.07) is 8.69. The predicted molar refractivity (Wildman–Crippen MR) is 124 cm³/mol. The first-order valence-electron chi connectivity index (χ1n) is 10.4. The largest absolute Gasteiger partial charge is 0.454 e. The van der Waals surface area contributed by atoms with Crippen LogP contribution in [0, 0.1) is 11.7 Å². The topological polar surface area (TPSA) is 138 Å². The maximum atomic E-state index is 14.0. The predicted octanol–water partition coefficient (Wildman–Crippen LogP) is 2.10. The lowest BCUT2D eigenvalue weighted by Crippen LogP contribution is -2.43. The number of pyridine rings is 1. The third-order valence-corrected chi connectivity index (χ3v) is 4.90. The van der Waals surface area contributed by atoms with Gasteiger partial charge in [-0.3, -0.25) is 18.7 Å². The average Bonchev–Trinajstić information content (AvgIpc) is 2.80. The van der Waals surface area contributed by atoms with E-state index >= 15 is 0 Å². The van der Waals surface area contributed by atoms with Gasteiger partial charge in [-0.05, 0) is 30.2 Å². The molecule has 0 aliphatic heterocycles. The van der Waals surface area contributed by atoms with Gasteiger partial charge in [-0.1, -0.05) is 26.0 Å². The second kappa shape index (κ2) is 10.1. The highest BCUT2D eigenvalue weighted by atomic mass is 19.1. The summed E-state index contributed by atoms with van der Waals surface area (Å²) >= 11 is 0. The first-order valence-corrected chi connectivity index (χ1v) is 10.4. The van der Waals surface area contributed by atoms with Crippen molar-refractivity contribution in [2.75, 3.05) is 17.7 Å². The third kappa shape index (κ3) is 5.03. The lowest BCUT2D eigenvalue weighted by Gasteiger charge is -2.16. The first kappa shape index (κ1) is 24.4. The van der Waals surface area contributed by atoms with Gasteiger partial charge in [-0.25, -0.2) is 19.0 Å². The molecule has 2 heterocycles. The zero-order chi connectivity index (χ0) is 25.0. The second-order valence-corrected chi connectivity index (χ2v) is 7.92. The lowest BCUT2D eigenvalue weighted by atomic mass is 10.1. The van der Waals surface area contributed by atoms with Gasteiger partial charge < -0.3 is 15.8 Å². The molecule has 0 spiro atoms. The number of carbonyl (C=O) groups excluding carboxylic acids is 2. The van der Waals surface area contributed by atoms with Gasteiger partial charge in [-0.15, -0.1) is 0 Å². The van der Waals surface area contributed by atoms with Gasteiger partial charge in [0.2, 0.25) is 5.78 Å². The number of nitrogens with one attached hydrogen (secondary N) is 1. The fourth-order valence-electron chi connectivity index (χ4n) is 3.23. The molecule has 0 atom stereocenters. The third-order valence-electron chi connectivity index (χ3n) is 4.90. The van der Waals surface area contributed by atoms with Crippen LogP contribution in [-0.4, -0.2) is 32.5 Å². The highest BCUT2D eigenvalue weighted by Gasteiger charge is 2.24. The van der Waals surface area contributed by atoms with Crippen molar-refractivity contribution in [3.05, 3.63) is 80.4 Å². The molecule has 0 saturated carbocycles. The summed E-state index contributed by atoms with van der Waals surface area (Å²) in [5, 5.41) is 2.72. The molecule has 0 aliphatic carbocycles. The molecule has 1 aromatic carbocycles. The first-order chi connectivity index (χ1) is 16.1. The van der Waals surface area contributed by atoms with Crippen LogP contribution in [0.4, 0.5) is 21.7 Å². The van der Waals surface area contributed by atoms with E-state index in [0.29, 0.717) is 0 Å². The van der Waals surface area contributed by atoms with Crippen molar-refractivity contribution in [1.82, 2.24) is 14.1 Å². The Morgan fingerprint density at radius 2 is 1.88 bits per heavy atom. The van der Waals surface area contributed by atoms with Crippen LogP contribution in [0.25, 0.3) is 0 Å². The van der Waals surface area contributed by atoms with E-state index < -0.39 is 41.0 Å². The number of carbonyl (C=O) groups is 2. The Labute approximate surface area is 193 Å². The number of rotatable bonds is 8. The van der Waals surface area contributed by atoms with Crippen LogP contribution in [0.2, 0.25) is 0 Å². The molecular weight excluding hydrogens is 445 g/mol. The Kier molecular flexibility index (Phi) is 7.24. The molecule has 178 valence electrons. The summed E-state index contributed by atoms with van der Waals surface area (Å²) in [6.45, 7) is 3.09. The number of ether oxygens (including phenoxy) is 1. The van der Waals surface area contributed by atoms with E-state index in [1.807, 2.05) is 13.8 Å². The van der Waals surface area contributed by atoms with Crippen molar-refractivity contribution in [2.24, 2.45) is 13.0 Å². The number of aromatic nitrogens is 3. The molecule has 10 nitrogen and oxygen atoms in total. The maximum absolute atomic E-state index is 14.0. The van der Waals surface area contributed by atoms with Gasteiger partial charge in [0.25, 0.3) is 5.56 Å². The van der Waals surface area contributed by atoms with Gasteiger partial charge in [0.1, 0.15) is 28.6 Å². The Morgan fingerprint density at radius 1 is 1.18 bits per heavy atom. The molecule has 3 aromatic rings. The number of nitrogens with zero attached hydrogens (tertiary/aromatic N) is 3. The van der Waals surface area contributed by atoms with Crippen LogP contribution in [0.15, 0.2) is 52.2 Å². The van der Waals surface area contributed by atoms with Crippen LogP contribution < -0.4 is 22.3 Å². The van der Waals surface area contributed by atoms with Crippen molar-refractivity contribution in [3.63, 3.8) is 0 Å². The maximum Gasteiger partial charge on any atom is 0.342 e. The van der Waals surface area contributed by atoms with Gasteiger partial charge in [-0.2, -0.15) is 0 Å². The van der Waals surface area contributed by atoms with Gasteiger partial charge >= 0.3 is 11.7 Å². The van der Waals surface area contributed by atoms with Gasteiger partial charge in [0.05, 0.1) is 5.69 Å². The SMILES string of the molecule is CC(C)Cn1c(N)c(C(=O)COC(=O)c2cccnc2Nc2ccccc2F)c(=O)n(C)c1=O. The standard InChI is InChI=1S/C23H24FN5O5/c1-13(2)11-29-19(25)18(21(31)28(3)23(29)33)17(30)12-34-22(32)14-7-6-10-26-20(14)27-16-9-5-4-8-15(16)24/h4-10,13H,11-12,25H2,1-3H3,(H,26,27). The van der Waals surface area contributed by atoms with Gasteiger partial charge in [0, 0.05) is 19.8 Å². The molecule has 0 fully saturated rings. The average molecular weight is 469 g/mol. The number of benzene rings is 1. The molecule has 0 bridgehead atoms. The molecule has 0 radical (unpaired) electrons. The Morgan fingerprint density at radius 3 is 2.56 bits per heavy atom. The minimum Gasteiger partial charge on any atom is -0.454 e. The molecular formula is C23H24FN5O5. The smallest absolute Gasteiger partial charge is 0.342 e. The summed E-state index contributed by atoms with van der Waals surface area (Å²) in [4.78, 5) is 54.4. The van der Waals surface area contributed by atoms with Crippen LogP contribution in [0.3, 0.4) is 0 Å². The van der Waals surface area contributed by atoms with Crippen molar-refractivity contribution in [1.29, 1.82) is 0 Å². The fourth-order valence-corrected chi connectivity index (χ4v) is 3.23. The highest BCUT2D eigenvalue weighted by Crippen LogP contribution is 2.21. The quantitative estimate of drug-likeness (QED) is 0.378. The summed E-state index contributed by atoms with van der Waals surface area (Å²) in [7, 11) is 1.24. The number of hydrogen-bond donors (Lipinski definition) is 2. The summed E-state index contributed by atoms with van der Waals surface area (Å²) in [5.41, 5.74) is 4.05. The van der Waals surface area contributed by atoms with E-state index in [1.165, 1.54) is 43.6 Å². The number of Topliss-reactive ketones (excluding diaryl/α,β-unsaturated/α-hetero) is 1. The van der Waals surface area contributed by atoms with Crippen LogP contribution >= 0.6 is 0 Å². The number of hydrogen-bond acceptors (Lipinski definition) is 8. The van der Waals surface area contributed by atoms with Crippen LogP contribution in [0.5, 0.6) is 0 Å². The fraction of sp³-hybridized carbons (Fsp3) is 0.261. The summed E-state index contributed by atoms with van der Waals surface area (Å²) in [5.74, 6) is -2.59. The van der Waals surface area contributed by atoms with Crippen molar-refractivity contribution >= 4 is 29.1 Å². The number of nitrogens with two attached hydrogens (primary N) is 1. The van der Waals surface area contributed by atoms with E-state index in [9.17, 15) is 23.6 Å². The Hall–Kier alpha value is -4.28. The molecule has 0 amide bonds. The van der Waals surface area contributed by atoms with E-state index in [1.54, 1.807) is 6.07 Å². The van der Waals surface area contributed by atoms with E-state index in [0.717, 1.165) is 9.13 Å². The molecule has 3 rings (SSSR count). The number of halogens is 1. The minimum atomic E-state index is -0.925. The molecule has 34 heavy (non-hydrogen) atoms. The molecule has 3 N–H and O–H groups in total. The van der Waals surface area contributed by atoms with E-state index in [-0.39, 0.29) is 35.3 Å². The van der Waals surface area contributed by atoms with Crippen molar-refractivity contribution < 1.29 is 18.7 Å². The van der Waals surface area contributed by atoms with Crippen LogP contribution in [-0.2, 0) is 18.3 Å². The highest BCUT2D eigenvalue weighted by molar-refractivity contribution is 6.03. The summed E-state index contributed by atoms with van der Waals surface area (Å²) in [6.07, 6.45) is 1.40. The number of nitrogen functional groups attached to an aromatic ring is 1. The van der Waals surface area contributed by atoms with E-state index in [4.69, 9.17) is 10.5 Å². The molecule has 11 heteroatoms. The zero-order valence-corrected chi connectivity index (χ0v) is 18.9. The molecule has 2 aromatic heterocycles. The number of ketones is 1. The van der Waals surface area contributed by atoms with E-state index in [2.05, 4.69) is 10.3 Å². The molecule has 0 saturated heterocycles. The molecule has 0 aliphatic rings. The monoisotopic (exact) mass is 469 g/mol. The zero-order valence-electron chi connectivity index (χ0n) is 18.9. The van der Waals surface area contributed by atoms with Crippen LogP contribution in [0.1, 0.15) is 34.6 Å². The number of para-hydroxylation sites is 1. The Bertz CT molecular complexity index is 1360. The number of esters is 1. The minimum absolute atomic E-state index is 0.0178. The summed E-state index contributed by atoms with van der Waals surface area (Å²) < 4.78 is 21.0. The molecule has 0 unspecified atom stereocenters. The number of anilines is 3. The van der Waals surface area contributed by atoms with Gasteiger partial charge in [0.15, 0.2) is 6.61 Å². The normalized spacial score (nSPS) is 10.9. The Balaban J connectivity index is 1.84. The van der Waals surface area contributed by atoms with Crippen molar-refractivity contribution in [2.45, 2.75) is 20.4 Å².